The van der Waals surface area contributed by atoms with Crippen LogP contribution >= 0.6 is 0 Å². The Morgan fingerprint density at radius 3 is 2.73 bits per heavy atom. The van der Waals surface area contributed by atoms with Crippen LogP contribution in [-0.4, -0.2) is 61.4 Å². The summed E-state index contributed by atoms with van der Waals surface area (Å²) in [4.78, 5) is 24.7. The third-order valence-electron chi connectivity index (χ3n) is 8.59. The first-order chi connectivity index (χ1) is 22.1. The molecular formula is C34H38N8O3. The number of nitrogens with one attached hydrogen (secondary N) is 1. The van der Waals surface area contributed by atoms with E-state index in [9.17, 15) is 4.79 Å². The normalized spacial score (nSPS) is 18.9. The number of hydrogen-bond donors (Lipinski definition) is 1. The third kappa shape index (κ3) is 6.53. The van der Waals surface area contributed by atoms with Gasteiger partial charge in [-0.1, -0.05) is 36.4 Å². The van der Waals surface area contributed by atoms with Crippen LogP contribution in [0.1, 0.15) is 50.3 Å². The zero-order valence-corrected chi connectivity index (χ0v) is 25.5. The van der Waals surface area contributed by atoms with Crippen LogP contribution in [0.25, 0.3) is 33.5 Å². The molecule has 0 spiro atoms. The van der Waals surface area contributed by atoms with Gasteiger partial charge in [0, 0.05) is 49.9 Å². The molecule has 232 valence electrons. The molecule has 11 nitrogen and oxygen atoms in total. The fourth-order valence-electron chi connectivity index (χ4n) is 6.21. The Hall–Kier alpha value is -4.77. The van der Waals surface area contributed by atoms with Gasteiger partial charge in [0.2, 0.25) is 0 Å². The molecule has 0 bridgehead atoms. The highest BCUT2D eigenvalue weighted by Crippen LogP contribution is 2.34. The van der Waals surface area contributed by atoms with E-state index in [1.54, 1.807) is 4.68 Å². The van der Waals surface area contributed by atoms with Crippen LogP contribution in [-0.2, 0) is 23.1 Å². The Labute approximate surface area is 262 Å². The van der Waals surface area contributed by atoms with Crippen molar-refractivity contribution in [1.82, 2.24) is 34.8 Å². The quantitative estimate of drug-likeness (QED) is 0.245. The van der Waals surface area contributed by atoms with Crippen LogP contribution in [0.3, 0.4) is 0 Å². The monoisotopic (exact) mass is 606 g/mol. The zero-order valence-electron chi connectivity index (χ0n) is 25.5. The van der Waals surface area contributed by atoms with E-state index in [4.69, 9.17) is 24.5 Å². The number of nitrogens with zero attached hydrogens (tertiary/aromatic N) is 7. The number of aryl methyl sites for hydroxylation is 1. The maximum absolute atomic E-state index is 12.5. The number of benzene rings is 1. The Kier molecular flexibility index (Phi) is 8.41. The Bertz CT molecular complexity index is 1760. The molecule has 11 heteroatoms. The summed E-state index contributed by atoms with van der Waals surface area (Å²) in [5, 5.41) is 13.5. The summed E-state index contributed by atoms with van der Waals surface area (Å²) < 4.78 is 15.4. The van der Waals surface area contributed by atoms with Crippen molar-refractivity contribution in [2.45, 2.75) is 57.4 Å². The van der Waals surface area contributed by atoms with Crippen molar-refractivity contribution in [2.24, 2.45) is 7.05 Å². The molecule has 0 radical (unpaired) electrons. The van der Waals surface area contributed by atoms with Gasteiger partial charge < -0.3 is 19.7 Å². The molecule has 6 heterocycles. The van der Waals surface area contributed by atoms with Gasteiger partial charge >= 0.3 is 6.09 Å². The second kappa shape index (κ2) is 13.1. The molecule has 1 N–H and O–H groups in total. The van der Waals surface area contributed by atoms with E-state index in [1.165, 1.54) is 0 Å². The van der Waals surface area contributed by atoms with Gasteiger partial charge in [-0.15, -0.1) is 0 Å². The Morgan fingerprint density at radius 2 is 1.91 bits per heavy atom. The lowest BCUT2D eigenvalue weighted by Crippen LogP contribution is -2.36. The van der Waals surface area contributed by atoms with E-state index in [0.717, 1.165) is 103 Å². The highest BCUT2D eigenvalue weighted by atomic mass is 16.5. The summed E-state index contributed by atoms with van der Waals surface area (Å²) in [6, 6.07) is 18.0. The number of alkyl carbamates (subject to hydrolysis) is 1. The SMILES string of the molecule is Cn1cc(-c2cc3c(-c4cccc(N5CCC[C@H](NC(=O)OCc6ccccc6)CC5)n4)nn(C4CCCCO4)c3cn2)cn1. The van der Waals surface area contributed by atoms with E-state index in [0.29, 0.717) is 0 Å². The third-order valence-corrected chi connectivity index (χ3v) is 8.59. The highest BCUT2D eigenvalue weighted by molar-refractivity contribution is 5.94. The lowest BCUT2D eigenvalue weighted by atomic mass is 10.1. The van der Waals surface area contributed by atoms with Crippen LogP contribution in [0.15, 0.2) is 73.2 Å². The minimum Gasteiger partial charge on any atom is -0.445 e. The highest BCUT2D eigenvalue weighted by Gasteiger charge is 2.25. The van der Waals surface area contributed by atoms with Gasteiger partial charge in [-0.05, 0) is 62.3 Å². The number of aromatic nitrogens is 6. The van der Waals surface area contributed by atoms with Gasteiger partial charge in [-0.25, -0.2) is 14.5 Å². The van der Waals surface area contributed by atoms with Crippen LogP contribution in [0.4, 0.5) is 10.6 Å². The number of carbonyl (C=O) groups is 1. The molecule has 2 aliphatic rings. The molecule has 2 fully saturated rings. The van der Waals surface area contributed by atoms with Crippen molar-refractivity contribution >= 4 is 22.8 Å². The second-order valence-corrected chi connectivity index (χ2v) is 11.8. The predicted molar refractivity (Wildman–Crippen MR) is 171 cm³/mol. The van der Waals surface area contributed by atoms with E-state index in [-0.39, 0.29) is 25.0 Å². The van der Waals surface area contributed by atoms with E-state index >= 15 is 0 Å². The number of anilines is 1. The van der Waals surface area contributed by atoms with E-state index in [1.807, 2.05) is 72.8 Å². The van der Waals surface area contributed by atoms with Crippen molar-refractivity contribution in [3.63, 3.8) is 0 Å². The van der Waals surface area contributed by atoms with Gasteiger partial charge in [0.1, 0.15) is 18.1 Å². The number of carbonyl (C=O) groups excluding carboxylic acids is 1. The van der Waals surface area contributed by atoms with Crippen LogP contribution in [0.5, 0.6) is 0 Å². The Balaban J connectivity index is 1.11. The average Bonchev–Trinajstić information content (AvgIpc) is 3.61. The molecule has 1 aromatic carbocycles. The lowest BCUT2D eigenvalue weighted by Gasteiger charge is -2.23. The topological polar surface area (TPSA) is 112 Å². The van der Waals surface area contributed by atoms with E-state index < -0.39 is 0 Å². The van der Waals surface area contributed by atoms with Crippen molar-refractivity contribution in [1.29, 1.82) is 0 Å². The summed E-state index contributed by atoms with van der Waals surface area (Å²) in [5.74, 6) is 0.901. The molecule has 4 aromatic heterocycles. The minimum absolute atomic E-state index is 0.0509. The number of pyridine rings is 2. The molecule has 5 aromatic rings. The first-order valence-corrected chi connectivity index (χ1v) is 15.8. The van der Waals surface area contributed by atoms with Crippen LogP contribution in [0.2, 0.25) is 0 Å². The fraction of sp³-hybridized carbons (Fsp3) is 0.382. The van der Waals surface area contributed by atoms with Crippen molar-refractivity contribution < 1.29 is 14.3 Å². The zero-order chi connectivity index (χ0) is 30.6. The molecule has 0 saturated carbocycles. The van der Waals surface area contributed by atoms with Gasteiger partial charge in [0.05, 0.1) is 29.3 Å². The number of hydrogen-bond acceptors (Lipinski definition) is 8. The minimum atomic E-state index is -0.373. The molecule has 7 rings (SSSR count). The van der Waals surface area contributed by atoms with Gasteiger partial charge in [0.25, 0.3) is 0 Å². The van der Waals surface area contributed by atoms with Crippen molar-refractivity contribution in [2.75, 3.05) is 24.6 Å². The van der Waals surface area contributed by atoms with Gasteiger partial charge in [-0.2, -0.15) is 10.2 Å². The van der Waals surface area contributed by atoms with E-state index in [2.05, 4.69) is 27.4 Å². The van der Waals surface area contributed by atoms with Crippen LogP contribution < -0.4 is 10.2 Å². The maximum atomic E-state index is 12.5. The molecule has 2 aliphatic heterocycles. The molecule has 45 heavy (non-hydrogen) atoms. The maximum Gasteiger partial charge on any atom is 0.407 e. The molecule has 1 unspecified atom stereocenters. The van der Waals surface area contributed by atoms with Crippen molar-refractivity contribution in [3.05, 3.63) is 78.8 Å². The standard InChI is InChI=1S/C34H38N8O3/c1-40-22-25(20-36-40)29-19-27-30(21-35-29)42(32-14-5-6-18-44-32)39-33(27)28-12-7-13-31(38-28)41-16-8-11-26(15-17-41)37-34(43)45-23-24-9-3-2-4-10-24/h2-4,7,9-10,12-13,19-22,26,32H,5-6,8,11,14-18,23H2,1H3,(H,37,43)/t26-,32?/m0/s1. The summed E-state index contributed by atoms with van der Waals surface area (Å²) >= 11 is 0. The summed E-state index contributed by atoms with van der Waals surface area (Å²) in [5.41, 5.74) is 5.30. The summed E-state index contributed by atoms with van der Waals surface area (Å²) in [7, 11) is 1.90. The second-order valence-electron chi connectivity index (χ2n) is 11.8. The predicted octanol–water partition coefficient (Wildman–Crippen LogP) is 5.88. The van der Waals surface area contributed by atoms with Gasteiger partial charge in [0.15, 0.2) is 6.23 Å². The van der Waals surface area contributed by atoms with Crippen LogP contribution in [0, 0.1) is 0 Å². The first kappa shape index (κ1) is 29.0. The largest absolute Gasteiger partial charge is 0.445 e. The lowest BCUT2D eigenvalue weighted by molar-refractivity contribution is -0.0365. The number of fused-ring (bicyclic) bond motifs is 1. The number of rotatable bonds is 7. The van der Waals surface area contributed by atoms with Crippen molar-refractivity contribution in [3.8, 4) is 22.6 Å². The first-order valence-electron chi connectivity index (χ1n) is 15.8. The molecular weight excluding hydrogens is 568 g/mol. The number of ether oxygens (including phenoxy) is 2. The van der Waals surface area contributed by atoms with Gasteiger partial charge in [-0.3, -0.25) is 9.67 Å². The Morgan fingerprint density at radius 1 is 1.00 bits per heavy atom. The fourth-order valence-corrected chi connectivity index (χ4v) is 6.21. The summed E-state index contributed by atoms with van der Waals surface area (Å²) in [6.07, 6.45) is 10.9. The molecule has 0 aliphatic carbocycles. The summed E-state index contributed by atoms with van der Waals surface area (Å²) in [6.45, 7) is 2.62. The number of amides is 1. The molecule has 1 amide bonds. The molecule has 2 saturated heterocycles. The average molecular weight is 607 g/mol. The molecule has 2 atom stereocenters. The smallest absolute Gasteiger partial charge is 0.407 e.